The minimum atomic E-state index is -0.264. The number of nitrogens with zero attached hydrogens (tertiary/aromatic N) is 4. The van der Waals surface area contributed by atoms with Crippen LogP contribution in [0.1, 0.15) is 50.0 Å². The molecule has 1 aromatic carbocycles. The van der Waals surface area contributed by atoms with Crippen LogP contribution in [0.4, 0.5) is 27.8 Å². The Hall–Kier alpha value is -3.60. The summed E-state index contributed by atoms with van der Waals surface area (Å²) >= 11 is 0. The van der Waals surface area contributed by atoms with Crippen molar-refractivity contribution in [1.29, 1.82) is 0 Å². The molecule has 3 amide bonds. The molecule has 2 bridgehead atoms. The van der Waals surface area contributed by atoms with Crippen LogP contribution in [-0.4, -0.2) is 84.6 Å². The molecule has 4 N–H and O–H groups in total. The van der Waals surface area contributed by atoms with Crippen LogP contribution in [0.2, 0.25) is 0 Å². The number of aromatic nitrogens is 2. The van der Waals surface area contributed by atoms with E-state index < -0.39 is 0 Å². The van der Waals surface area contributed by atoms with Crippen molar-refractivity contribution in [2.24, 2.45) is 0 Å². The number of hydrogen-bond acceptors (Lipinski definition) is 8. The molecule has 0 radical (unpaired) electrons. The molecule has 1 fully saturated rings. The van der Waals surface area contributed by atoms with Gasteiger partial charge in [-0.15, -0.1) is 0 Å². The fraction of sp³-hybridized carbons (Fsp3) is 0.556. The second-order valence-corrected chi connectivity index (χ2v) is 10.6. The summed E-state index contributed by atoms with van der Waals surface area (Å²) in [4.78, 5) is 38.5. The predicted octanol–water partition coefficient (Wildman–Crippen LogP) is 3.36. The fourth-order valence-electron chi connectivity index (χ4n) is 5.47. The number of hydrogen-bond donors (Lipinski definition) is 4. The van der Waals surface area contributed by atoms with E-state index in [4.69, 9.17) is 4.74 Å². The molecule has 2 aromatic rings. The molecule has 1 unspecified atom stereocenters. The molecular weight excluding hydrogens is 484 g/mol. The van der Waals surface area contributed by atoms with Gasteiger partial charge >= 0.3 is 6.03 Å². The first-order valence-electron chi connectivity index (χ1n) is 13.6. The number of urea groups is 1. The predicted molar refractivity (Wildman–Crippen MR) is 147 cm³/mol. The number of benzene rings is 1. The summed E-state index contributed by atoms with van der Waals surface area (Å²) in [5.41, 5.74) is 2.32. The van der Waals surface area contributed by atoms with Gasteiger partial charge in [-0.25, -0.2) is 14.8 Å². The van der Waals surface area contributed by atoms with Gasteiger partial charge in [0.1, 0.15) is 23.7 Å². The van der Waals surface area contributed by atoms with Crippen molar-refractivity contribution in [3.8, 4) is 5.75 Å². The van der Waals surface area contributed by atoms with E-state index in [2.05, 4.69) is 43.2 Å². The third-order valence-corrected chi connectivity index (χ3v) is 7.58. The quantitative estimate of drug-likeness (QED) is 0.474. The molecular formula is C27H38N8O3. The van der Waals surface area contributed by atoms with Crippen molar-refractivity contribution in [2.75, 3.05) is 62.8 Å². The van der Waals surface area contributed by atoms with E-state index in [-0.39, 0.29) is 30.5 Å². The molecule has 204 valence electrons. The Morgan fingerprint density at radius 3 is 2.74 bits per heavy atom. The molecule has 5 rings (SSSR count). The third-order valence-electron chi connectivity index (χ3n) is 7.58. The molecule has 38 heavy (non-hydrogen) atoms. The standard InChI is InChI=1S/C27H38N8O3/c1-34-11-6-12-35(2)23(36)16-38-22-13-20(31-26-24-18(15-34)14-28-25(24)29-17-30-26)9-10-21(22)33-27(37)32-19-7-4-3-5-8-19/h9-10,13,17-19H,3-8,11-12,14-16H2,1-2H3,(H2,32,33,37)(H2,28,29,30,31). The second-order valence-electron chi connectivity index (χ2n) is 10.6. The van der Waals surface area contributed by atoms with Gasteiger partial charge in [-0.1, -0.05) is 19.3 Å². The molecule has 1 atom stereocenters. The Morgan fingerprint density at radius 1 is 1.08 bits per heavy atom. The third kappa shape index (κ3) is 6.27. The monoisotopic (exact) mass is 522 g/mol. The van der Waals surface area contributed by atoms with E-state index in [0.717, 1.165) is 74.6 Å². The highest BCUT2D eigenvalue weighted by Crippen LogP contribution is 2.37. The molecule has 11 nitrogen and oxygen atoms in total. The lowest BCUT2D eigenvalue weighted by molar-refractivity contribution is -0.132. The highest BCUT2D eigenvalue weighted by Gasteiger charge is 2.29. The van der Waals surface area contributed by atoms with E-state index in [0.29, 0.717) is 18.0 Å². The van der Waals surface area contributed by atoms with Gasteiger partial charge in [0.15, 0.2) is 6.61 Å². The molecule has 1 saturated carbocycles. The molecule has 3 aliphatic rings. The number of ether oxygens (including phenoxy) is 1. The van der Waals surface area contributed by atoms with Crippen molar-refractivity contribution in [1.82, 2.24) is 25.1 Å². The number of likely N-dealkylation sites (N-methyl/N-ethyl adjacent to an activating group) is 2. The zero-order chi connectivity index (χ0) is 26.5. The lowest BCUT2D eigenvalue weighted by atomic mass is 9.96. The van der Waals surface area contributed by atoms with Crippen molar-refractivity contribution in [3.05, 3.63) is 30.1 Å². The van der Waals surface area contributed by atoms with Crippen LogP contribution in [0, 0.1) is 0 Å². The fourth-order valence-corrected chi connectivity index (χ4v) is 5.47. The first kappa shape index (κ1) is 26.0. The molecule has 0 spiro atoms. The molecule has 11 heteroatoms. The molecule has 2 aliphatic heterocycles. The minimum absolute atomic E-state index is 0.113. The van der Waals surface area contributed by atoms with E-state index in [9.17, 15) is 9.59 Å². The Labute approximate surface area is 223 Å². The van der Waals surface area contributed by atoms with Crippen molar-refractivity contribution in [2.45, 2.75) is 50.5 Å². The summed E-state index contributed by atoms with van der Waals surface area (Å²) < 4.78 is 5.99. The number of carbonyl (C=O) groups excluding carboxylic acids is 2. The lowest BCUT2D eigenvalue weighted by Gasteiger charge is -2.25. The van der Waals surface area contributed by atoms with Gasteiger partial charge in [0, 0.05) is 56.0 Å². The molecule has 0 saturated heterocycles. The number of amides is 3. The summed E-state index contributed by atoms with van der Waals surface area (Å²) in [7, 11) is 3.90. The van der Waals surface area contributed by atoms with E-state index in [1.54, 1.807) is 30.4 Å². The van der Waals surface area contributed by atoms with Gasteiger partial charge in [-0.3, -0.25) is 4.79 Å². The Kier molecular flexibility index (Phi) is 8.11. The smallest absolute Gasteiger partial charge is 0.319 e. The number of rotatable bonds is 2. The van der Waals surface area contributed by atoms with Crippen LogP contribution in [-0.2, 0) is 4.79 Å². The largest absolute Gasteiger partial charge is 0.482 e. The average Bonchev–Trinajstić information content (AvgIpc) is 3.32. The maximum absolute atomic E-state index is 12.8. The SMILES string of the molecule is CN1CCCN(C)C(=O)COc2cc(ccc2NC(=O)NC2CCCCC2)Nc2ncnc3c2C(CN3)C1. The Balaban J connectivity index is 1.41. The molecule has 1 aromatic heterocycles. The molecule has 3 heterocycles. The highest BCUT2D eigenvalue weighted by atomic mass is 16.5. The van der Waals surface area contributed by atoms with Gasteiger partial charge in [0.05, 0.1) is 5.69 Å². The summed E-state index contributed by atoms with van der Waals surface area (Å²) in [5, 5.41) is 12.8. The maximum Gasteiger partial charge on any atom is 0.319 e. The van der Waals surface area contributed by atoms with Crippen LogP contribution < -0.4 is 26.0 Å². The van der Waals surface area contributed by atoms with E-state index in [1.165, 1.54) is 6.42 Å². The van der Waals surface area contributed by atoms with Gasteiger partial charge in [0.2, 0.25) is 0 Å². The maximum atomic E-state index is 12.8. The van der Waals surface area contributed by atoms with Crippen LogP contribution >= 0.6 is 0 Å². The Bertz CT molecular complexity index is 1150. The lowest BCUT2D eigenvalue weighted by Crippen LogP contribution is -2.39. The zero-order valence-electron chi connectivity index (χ0n) is 22.3. The number of anilines is 4. The van der Waals surface area contributed by atoms with Crippen LogP contribution in [0.3, 0.4) is 0 Å². The van der Waals surface area contributed by atoms with Crippen LogP contribution in [0.25, 0.3) is 0 Å². The Morgan fingerprint density at radius 2 is 1.89 bits per heavy atom. The second kappa shape index (κ2) is 11.8. The van der Waals surface area contributed by atoms with Gasteiger partial charge in [-0.2, -0.15) is 0 Å². The summed E-state index contributed by atoms with van der Waals surface area (Å²) in [5.74, 6) is 2.12. The van der Waals surface area contributed by atoms with E-state index >= 15 is 0 Å². The van der Waals surface area contributed by atoms with Crippen molar-refractivity contribution >= 4 is 34.9 Å². The van der Waals surface area contributed by atoms with Crippen LogP contribution in [0.5, 0.6) is 5.75 Å². The van der Waals surface area contributed by atoms with Crippen molar-refractivity contribution < 1.29 is 14.3 Å². The van der Waals surface area contributed by atoms with Crippen molar-refractivity contribution in [3.63, 3.8) is 0 Å². The highest BCUT2D eigenvalue weighted by molar-refractivity contribution is 5.92. The topological polar surface area (TPSA) is 124 Å². The normalized spacial score (nSPS) is 21.1. The minimum Gasteiger partial charge on any atom is -0.482 e. The van der Waals surface area contributed by atoms with Gasteiger partial charge in [-0.05, 0) is 45.0 Å². The molecule has 1 aliphatic carbocycles. The van der Waals surface area contributed by atoms with Gasteiger partial charge < -0.3 is 35.8 Å². The number of nitrogens with one attached hydrogen (secondary N) is 4. The number of carbonyl (C=O) groups is 2. The van der Waals surface area contributed by atoms with E-state index in [1.807, 2.05) is 6.07 Å². The first-order valence-corrected chi connectivity index (χ1v) is 13.6. The van der Waals surface area contributed by atoms with Gasteiger partial charge in [0.25, 0.3) is 5.91 Å². The van der Waals surface area contributed by atoms with Crippen LogP contribution in [0.15, 0.2) is 24.5 Å². The number of fused-ring (bicyclic) bond motifs is 2. The summed E-state index contributed by atoms with van der Waals surface area (Å²) in [6.45, 7) is 3.02. The summed E-state index contributed by atoms with van der Waals surface area (Å²) in [6, 6.07) is 5.38. The first-order chi connectivity index (χ1) is 18.5. The zero-order valence-corrected chi connectivity index (χ0v) is 22.3. The summed E-state index contributed by atoms with van der Waals surface area (Å²) in [6.07, 6.45) is 7.88. The average molecular weight is 523 g/mol.